The number of nitrogens with two attached hydrogens (primary N) is 1. The van der Waals surface area contributed by atoms with Crippen LogP contribution in [-0.2, 0) is 4.74 Å². The molecule has 1 saturated heterocycles. The van der Waals surface area contributed by atoms with E-state index >= 15 is 0 Å². The number of hydrogen-bond acceptors (Lipinski definition) is 3. The topological polar surface area (TPSA) is 35.2 Å². The summed E-state index contributed by atoms with van der Waals surface area (Å²) in [6.07, 6.45) is 8.56. The van der Waals surface area contributed by atoms with Crippen molar-refractivity contribution in [2.75, 3.05) is 13.2 Å². The van der Waals surface area contributed by atoms with Crippen LogP contribution in [0, 0.1) is 11.8 Å². The first-order valence-electron chi connectivity index (χ1n) is 7.71. The van der Waals surface area contributed by atoms with Crippen molar-refractivity contribution in [3.05, 3.63) is 0 Å². The molecule has 1 saturated carbocycles. The molecule has 2 aliphatic rings. The van der Waals surface area contributed by atoms with E-state index < -0.39 is 0 Å². The Bertz CT molecular complexity index is 249. The van der Waals surface area contributed by atoms with Gasteiger partial charge in [-0.15, -0.1) is 0 Å². The second kappa shape index (κ2) is 7.16. The molecule has 0 aromatic heterocycles. The first-order valence-corrected chi connectivity index (χ1v) is 8.66. The minimum absolute atomic E-state index is 0.444. The standard InChI is InChI=1S/C15H29NOS/c1-3-4-12-5-6-13(10-16)15(9-12)18-14-7-8-17-11(14)2/h11-15H,3-10,16H2,1-2H3. The molecule has 1 aliphatic heterocycles. The summed E-state index contributed by atoms with van der Waals surface area (Å²) in [5.41, 5.74) is 5.98. The summed E-state index contributed by atoms with van der Waals surface area (Å²) in [7, 11) is 0. The summed E-state index contributed by atoms with van der Waals surface area (Å²) < 4.78 is 5.70. The largest absolute Gasteiger partial charge is 0.377 e. The maximum Gasteiger partial charge on any atom is 0.0666 e. The Labute approximate surface area is 116 Å². The predicted molar refractivity (Wildman–Crippen MR) is 80.0 cm³/mol. The number of thioether (sulfide) groups is 1. The Morgan fingerprint density at radius 2 is 2.06 bits per heavy atom. The van der Waals surface area contributed by atoms with E-state index in [1.165, 1.54) is 38.5 Å². The molecule has 106 valence electrons. The highest BCUT2D eigenvalue weighted by Gasteiger charge is 2.34. The third-order valence-corrected chi connectivity index (χ3v) is 6.59. The molecule has 2 fully saturated rings. The van der Waals surface area contributed by atoms with Crippen LogP contribution in [0.15, 0.2) is 0 Å². The summed E-state index contributed by atoms with van der Waals surface area (Å²) in [4.78, 5) is 0. The zero-order chi connectivity index (χ0) is 13.0. The van der Waals surface area contributed by atoms with Crippen LogP contribution in [-0.4, -0.2) is 29.8 Å². The zero-order valence-corrected chi connectivity index (χ0v) is 12.8. The molecule has 0 radical (unpaired) electrons. The van der Waals surface area contributed by atoms with E-state index in [-0.39, 0.29) is 0 Å². The molecule has 1 aliphatic carbocycles. The van der Waals surface area contributed by atoms with Crippen molar-refractivity contribution in [2.24, 2.45) is 17.6 Å². The molecule has 0 aromatic carbocycles. The van der Waals surface area contributed by atoms with Crippen molar-refractivity contribution >= 4 is 11.8 Å². The van der Waals surface area contributed by atoms with Crippen LogP contribution in [0.5, 0.6) is 0 Å². The van der Waals surface area contributed by atoms with Crippen LogP contribution in [0.1, 0.15) is 52.4 Å². The summed E-state index contributed by atoms with van der Waals surface area (Å²) >= 11 is 2.19. The average Bonchev–Trinajstić information content (AvgIpc) is 2.76. The fourth-order valence-electron chi connectivity index (χ4n) is 3.50. The minimum atomic E-state index is 0.444. The number of rotatable bonds is 5. The van der Waals surface area contributed by atoms with Gasteiger partial charge in [0.05, 0.1) is 6.10 Å². The Morgan fingerprint density at radius 1 is 1.22 bits per heavy atom. The Morgan fingerprint density at radius 3 is 2.67 bits per heavy atom. The van der Waals surface area contributed by atoms with E-state index in [2.05, 4.69) is 25.6 Å². The van der Waals surface area contributed by atoms with Crippen LogP contribution in [0.4, 0.5) is 0 Å². The van der Waals surface area contributed by atoms with Gasteiger partial charge < -0.3 is 10.5 Å². The molecule has 2 nitrogen and oxygen atoms in total. The van der Waals surface area contributed by atoms with Gasteiger partial charge in [0, 0.05) is 17.1 Å². The normalized spacial score (nSPS) is 41.2. The lowest BCUT2D eigenvalue weighted by atomic mass is 9.80. The molecule has 0 amide bonds. The third kappa shape index (κ3) is 3.64. The SMILES string of the molecule is CCCC1CCC(CN)C(SC2CCOC2C)C1. The molecule has 1 heterocycles. The fraction of sp³-hybridized carbons (Fsp3) is 1.00. The second-order valence-corrected chi connectivity index (χ2v) is 7.52. The highest BCUT2D eigenvalue weighted by atomic mass is 32.2. The van der Waals surface area contributed by atoms with Gasteiger partial charge in [-0.1, -0.05) is 26.2 Å². The summed E-state index contributed by atoms with van der Waals surface area (Å²) in [5.74, 6) is 1.70. The highest BCUT2D eigenvalue weighted by Crippen LogP contribution is 2.42. The average molecular weight is 271 g/mol. The van der Waals surface area contributed by atoms with Crippen molar-refractivity contribution in [1.29, 1.82) is 0 Å². The van der Waals surface area contributed by atoms with E-state index in [1.807, 2.05) is 0 Å². The Hall–Kier alpha value is 0.270. The van der Waals surface area contributed by atoms with Crippen LogP contribution in [0.3, 0.4) is 0 Å². The molecule has 5 unspecified atom stereocenters. The first kappa shape index (κ1) is 14.7. The molecule has 0 aromatic rings. The maximum absolute atomic E-state index is 5.98. The van der Waals surface area contributed by atoms with Crippen molar-refractivity contribution in [2.45, 2.75) is 69.0 Å². The van der Waals surface area contributed by atoms with Gasteiger partial charge in [0.15, 0.2) is 0 Å². The lowest BCUT2D eigenvalue weighted by molar-refractivity contribution is 0.127. The molecular formula is C15H29NOS. The molecule has 5 atom stereocenters. The molecule has 0 spiro atoms. The van der Waals surface area contributed by atoms with Gasteiger partial charge in [-0.25, -0.2) is 0 Å². The van der Waals surface area contributed by atoms with E-state index in [4.69, 9.17) is 10.5 Å². The van der Waals surface area contributed by atoms with Gasteiger partial charge in [0.25, 0.3) is 0 Å². The van der Waals surface area contributed by atoms with Gasteiger partial charge in [-0.05, 0) is 44.6 Å². The Balaban J connectivity index is 1.89. The Kier molecular flexibility index (Phi) is 5.84. The molecule has 2 N–H and O–H groups in total. The van der Waals surface area contributed by atoms with Gasteiger partial charge in [-0.2, -0.15) is 11.8 Å². The minimum Gasteiger partial charge on any atom is -0.377 e. The first-order chi connectivity index (χ1) is 8.74. The highest BCUT2D eigenvalue weighted by molar-refractivity contribution is 8.00. The molecule has 3 heteroatoms. The van der Waals surface area contributed by atoms with Gasteiger partial charge in [0.2, 0.25) is 0 Å². The quantitative estimate of drug-likeness (QED) is 0.832. The molecule has 0 bridgehead atoms. The summed E-state index contributed by atoms with van der Waals surface area (Å²) in [6, 6.07) is 0. The second-order valence-electron chi connectivity index (χ2n) is 6.04. The molecule has 2 rings (SSSR count). The van der Waals surface area contributed by atoms with Crippen molar-refractivity contribution in [3.63, 3.8) is 0 Å². The lowest BCUT2D eigenvalue weighted by Crippen LogP contribution is -2.34. The fourth-order valence-corrected chi connectivity index (χ4v) is 5.33. The van der Waals surface area contributed by atoms with Gasteiger partial charge in [0.1, 0.15) is 0 Å². The molecule has 18 heavy (non-hydrogen) atoms. The van der Waals surface area contributed by atoms with Gasteiger partial charge in [-0.3, -0.25) is 0 Å². The molecular weight excluding hydrogens is 242 g/mol. The maximum atomic E-state index is 5.98. The third-order valence-electron chi connectivity index (χ3n) is 4.69. The van der Waals surface area contributed by atoms with Crippen molar-refractivity contribution < 1.29 is 4.74 Å². The van der Waals surface area contributed by atoms with Crippen LogP contribution < -0.4 is 5.73 Å². The number of hydrogen-bond donors (Lipinski definition) is 1. The van der Waals surface area contributed by atoms with Crippen LogP contribution in [0.2, 0.25) is 0 Å². The summed E-state index contributed by atoms with van der Waals surface area (Å²) in [6.45, 7) is 6.37. The van der Waals surface area contributed by atoms with Crippen molar-refractivity contribution in [3.8, 4) is 0 Å². The van der Waals surface area contributed by atoms with E-state index in [0.717, 1.165) is 30.2 Å². The zero-order valence-electron chi connectivity index (χ0n) is 11.9. The van der Waals surface area contributed by atoms with Crippen molar-refractivity contribution in [1.82, 2.24) is 0 Å². The van der Waals surface area contributed by atoms with Crippen LogP contribution >= 0.6 is 11.8 Å². The smallest absolute Gasteiger partial charge is 0.0666 e. The summed E-state index contributed by atoms with van der Waals surface area (Å²) in [5, 5.41) is 1.50. The monoisotopic (exact) mass is 271 g/mol. The number of ether oxygens (including phenoxy) is 1. The van der Waals surface area contributed by atoms with E-state index in [9.17, 15) is 0 Å². The van der Waals surface area contributed by atoms with Gasteiger partial charge >= 0.3 is 0 Å². The lowest BCUT2D eigenvalue weighted by Gasteiger charge is -2.37. The van der Waals surface area contributed by atoms with E-state index in [0.29, 0.717) is 11.4 Å². The van der Waals surface area contributed by atoms with Crippen LogP contribution in [0.25, 0.3) is 0 Å². The van der Waals surface area contributed by atoms with E-state index in [1.54, 1.807) is 0 Å². The predicted octanol–water partition coefficient (Wildman–Crippen LogP) is 3.44.